The van der Waals surface area contributed by atoms with Crippen LogP contribution in [0, 0.1) is 0 Å². The van der Waals surface area contributed by atoms with Gasteiger partial charge in [-0.15, -0.1) is 0 Å². The molecule has 2 aromatic carbocycles. The van der Waals surface area contributed by atoms with Crippen LogP contribution in [0.4, 0.5) is 0 Å². The smallest absolute Gasteiger partial charge is 0.359 e. The molecule has 0 saturated heterocycles. The first-order chi connectivity index (χ1) is 11.7. The molecule has 0 radical (unpaired) electrons. The van der Waals surface area contributed by atoms with Gasteiger partial charge in [-0.25, -0.2) is 4.79 Å². The van der Waals surface area contributed by atoms with Crippen LogP contribution in [-0.4, -0.2) is 23.0 Å². The molecule has 0 amide bonds. The topological polar surface area (TPSA) is 73.4 Å². The summed E-state index contributed by atoms with van der Waals surface area (Å²) < 4.78 is 16.1. The minimum Gasteiger partial charge on any atom is -0.467 e. The van der Waals surface area contributed by atoms with Crippen LogP contribution in [0.25, 0.3) is 10.9 Å². The van der Waals surface area contributed by atoms with E-state index in [1.54, 1.807) is 12.1 Å². The number of halogens is 1. The Bertz CT molecular complexity index is 922. The van der Waals surface area contributed by atoms with Gasteiger partial charge in [0.2, 0.25) is 0 Å². The molecule has 0 spiro atoms. The van der Waals surface area contributed by atoms with Crippen molar-refractivity contribution in [2.75, 3.05) is 6.79 Å². The predicted molar refractivity (Wildman–Crippen MR) is 86.9 cm³/mol. The normalized spacial score (nSPS) is 13.4. The van der Waals surface area contributed by atoms with Gasteiger partial charge in [0.25, 0.3) is 0 Å². The standard InChI is InChI=1S/C17H13ClN2O4/c18-12-5-10-7-22-9-24-16(10)11(6-12)8-23-17(21)15-13-3-1-2-4-14(13)19-20-15/h1-6H,7-9H2,(H,19,20). The second-order valence-corrected chi connectivity index (χ2v) is 5.79. The van der Waals surface area contributed by atoms with Crippen molar-refractivity contribution in [3.63, 3.8) is 0 Å². The maximum absolute atomic E-state index is 12.3. The minimum absolute atomic E-state index is 0.0446. The quantitative estimate of drug-likeness (QED) is 0.737. The first kappa shape index (κ1) is 15.0. The summed E-state index contributed by atoms with van der Waals surface area (Å²) in [7, 11) is 0. The van der Waals surface area contributed by atoms with E-state index in [1.165, 1.54) is 0 Å². The van der Waals surface area contributed by atoms with E-state index >= 15 is 0 Å². The van der Waals surface area contributed by atoms with E-state index in [-0.39, 0.29) is 19.1 Å². The second kappa shape index (κ2) is 6.14. The summed E-state index contributed by atoms with van der Waals surface area (Å²) in [5.41, 5.74) is 2.58. The first-order valence-corrected chi connectivity index (χ1v) is 7.72. The Hall–Kier alpha value is -2.57. The number of H-pyrrole nitrogens is 1. The van der Waals surface area contributed by atoms with Gasteiger partial charge in [0.05, 0.1) is 12.1 Å². The zero-order chi connectivity index (χ0) is 16.5. The highest BCUT2D eigenvalue weighted by molar-refractivity contribution is 6.30. The molecule has 3 aromatic rings. The fraction of sp³-hybridized carbons (Fsp3) is 0.176. The van der Waals surface area contributed by atoms with E-state index in [9.17, 15) is 4.79 Å². The molecule has 0 unspecified atom stereocenters. The fourth-order valence-electron chi connectivity index (χ4n) is 2.69. The van der Waals surface area contributed by atoms with Crippen LogP contribution in [0.2, 0.25) is 5.02 Å². The molecule has 4 rings (SSSR count). The fourth-order valence-corrected chi connectivity index (χ4v) is 2.96. The second-order valence-electron chi connectivity index (χ2n) is 5.36. The van der Waals surface area contributed by atoms with Gasteiger partial charge >= 0.3 is 5.97 Å². The Balaban J connectivity index is 1.57. The monoisotopic (exact) mass is 344 g/mol. The Labute approximate surface area is 142 Å². The highest BCUT2D eigenvalue weighted by Gasteiger charge is 2.20. The lowest BCUT2D eigenvalue weighted by Crippen LogP contribution is -2.14. The lowest BCUT2D eigenvalue weighted by Gasteiger charge is -2.20. The van der Waals surface area contributed by atoms with Gasteiger partial charge in [0.1, 0.15) is 12.4 Å². The van der Waals surface area contributed by atoms with E-state index in [0.717, 1.165) is 16.5 Å². The van der Waals surface area contributed by atoms with E-state index in [2.05, 4.69) is 10.2 Å². The Morgan fingerprint density at radius 3 is 3.12 bits per heavy atom. The van der Waals surface area contributed by atoms with Gasteiger partial charge in [-0.3, -0.25) is 5.10 Å². The van der Waals surface area contributed by atoms with Crippen molar-refractivity contribution in [1.29, 1.82) is 0 Å². The number of hydrogen-bond donors (Lipinski definition) is 1. The summed E-state index contributed by atoms with van der Waals surface area (Å²) in [5.74, 6) is 0.151. The van der Waals surface area contributed by atoms with Crippen LogP contribution < -0.4 is 4.74 Å². The number of para-hydroxylation sites is 1. The van der Waals surface area contributed by atoms with Gasteiger partial charge in [-0.2, -0.15) is 5.10 Å². The van der Waals surface area contributed by atoms with Crippen molar-refractivity contribution in [3.05, 3.63) is 58.2 Å². The van der Waals surface area contributed by atoms with Gasteiger partial charge < -0.3 is 14.2 Å². The van der Waals surface area contributed by atoms with Gasteiger partial charge in [-0.05, 0) is 18.2 Å². The van der Waals surface area contributed by atoms with Crippen LogP contribution in [0.5, 0.6) is 5.75 Å². The van der Waals surface area contributed by atoms with E-state index in [4.69, 9.17) is 25.8 Å². The van der Waals surface area contributed by atoms with Crippen molar-refractivity contribution < 1.29 is 19.0 Å². The van der Waals surface area contributed by atoms with Crippen molar-refractivity contribution in [3.8, 4) is 5.75 Å². The summed E-state index contributed by atoms with van der Waals surface area (Å²) in [6, 6.07) is 10.9. The molecule has 7 heteroatoms. The predicted octanol–water partition coefficient (Wildman–Crippen LogP) is 3.44. The third kappa shape index (κ3) is 2.70. The molecule has 1 aromatic heterocycles. The number of esters is 1. The molecule has 0 bridgehead atoms. The number of hydrogen-bond acceptors (Lipinski definition) is 5. The number of benzene rings is 2. The van der Waals surface area contributed by atoms with E-state index in [1.807, 2.05) is 24.3 Å². The van der Waals surface area contributed by atoms with Crippen molar-refractivity contribution in [1.82, 2.24) is 10.2 Å². The molecule has 6 nitrogen and oxygen atoms in total. The molecule has 1 N–H and O–H groups in total. The summed E-state index contributed by atoms with van der Waals surface area (Å²) >= 11 is 6.11. The summed E-state index contributed by atoms with van der Waals surface area (Å²) in [4.78, 5) is 12.3. The van der Waals surface area contributed by atoms with Crippen LogP contribution in [0.15, 0.2) is 36.4 Å². The molecule has 0 fully saturated rings. The molecular formula is C17H13ClN2O4. The van der Waals surface area contributed by atoms with Gasteiger partial charge in [0, 0.05) is 21.5 Å². The highest BCUT2D eigenvalue weighted by Crippen LogP contribution is 2.32. The third-order valence-electron chi connectivity index (χ3n) is 3.77. The van der Waals surface area contributed by atoms with Crippen LogP contribution in [0.3, 0.4) is 0 Å². The molecule has 0 aliphatic carbocycles. The molecule has 0 atom stereocenters. The van der Waals surface area contributed by atoms with Crippen molar-refractivity contribution >= 4 is 28.5 Å². The lowest BCUT2D eigenvalue weighted by atomic mass is 10.1. The van der Waals surface area contributed by atoms with Gasteiger partial charge in [0.15, 0.2) is 12.5 Å². The number of ether oxygens (including phenoxy) is 3. The summed E-state index contributed by atoms with van der Waals surface area (Å²) in [6.07, 6.45) is 0. The highest BCUT2D eigenvalue weighted by atomic mass is 35.5. The van der Waals surface area contributed by atoms with E-state index < -0.39 is 5.97 Å². The zero-order valence-electron chi connectivity index (χ0n) is 12.5. The minimum atomic E-state index is -0.506. The van der Waals surface area contributed by atoms with Crippen LogP contribution >= 0.6 is 11.6 Å². The average molecular weight is 345 g/mol. The number of aromatic amines is 1. The Morgan fingerprint density at radius 2 is 2.21 bits per heavy atom. The van der Waals surface area contributed by atoms with Crippen LogP contribution in [0.1, 0.15) is 21.6 Å². The average Bonchev–Trinajstić information content (AvgIpc) is 3.03. The summed E-state index contributed by atoms with van der Waals surface area (Å²) in [5, 5.41) is 8.11. The number of fused-ring (bicyclic) bond motifs is 2. The Morgan fingerprint density at radius 1 is 1.33 bits per heavy atom. The van der Waals surface area contributed by atoms with E-state index in [0.29, 0.717) is 22.9 Å². The molecule has 1 aliphatic heterocycles. The maximum Gasteiger partial charge on any atom is 0.359 e. The number of nitrogens with one attached hydrogen (secondary N) is 1. The first-order valence-electron chi connectivity index (χ1n) is 7.34. The lowest BCUT2D eigenvalue weighted by molar-refractivity contribution is -0.0180. The number of carbonyl (C=O) groups excluding carboxylic acids is 1. The number of rotatable bonds is 3. The van der Waals surface area contributed by atoms with Crippen molar-refractivity contribution in [2.45, 2.75) is 13.2 Å². The van der Waals surface area contributed by atoms with Gasteiger partial charge in [-0.1, -0.05) is 29.8 Å². The molecule has 24 heavy (non-hydrogen) atoms. The molecule has 122 valence electrons. The molecular weight excluding hydrogens is 332 g/mol. The maximum atomic E-state index is 12.3. The number of nitrogens with zero attached hydrogens (tertiary/aromatic N) is 1. The molecule has 1 aliphatic rings. The Kier molecular flexibility index (Phi) is 3.84. The number of carbonyl (C=O) groups is 1. The van der Waals surface area contributed by atoms with Crippen LogP contribution in [-0.2, 0) is 22.7 Å². The largest absolute Gasteiger partial charge is 0.467 e. The zero-order valence-corrected chi connectivity index (χ0v) is 13.3. The number of aromatic nitrogens is 2. The summed E-state index contributed by atoms with van der Waals surface area (Å²) in [6.45, 7) is 0.628. The van der Waals surface area contributed by atoms with Crippen molar-refractivity contribution in [2.24, 2.45) is 0 Å². The third-order valence-corrected chi connectivity index (χ3v) is 3.99. The SMILES string of the molecule is O=C(OCc1cc(Cl)cc2c1OCOC2)c1n[nH]c2ccccc12. The molecule has 0 saturated carbocycles. The molecule has 2 heterocycles.